The second kappa shape index (κ2) is 10.8. The zero-order valence-electron chi connectivity index (χ0n) is 14.8. The quantitative estimate of drug-likeness (QED) is 0.442. The summed E-state index contributed by atoms with van der Waals surface area (Å²) in [6, 6.07) is 14.6. The lowest BCUT2D eigenvalue weighted by atomic mass is 10.1. The van der Waals surface area contributed by atoms with Gasteiger partial charge < -0.3 is 9.47 Å². The maximum Gasteiger partial charge on any atom is 0.334 e. The van der Waals surface area contributed by atoms with Crippen LogP contribution in [0.4, 0.5) is 0 Å². The van der Waals surface area contributed by atoms with Gasteiger partial charge in [-0.15, -0.1) is 0 Å². The monoisotopic (exact) mass is 406 g/mol. The van der Waals surface area contributed by atoms with Gasteiger partial charge in [-0.25, -0.2) is 4.79 Å². The van der Waals surface area contributed by atoms with Crippen molar-refractivity contribution in [2.75, 3.05) is 13.2 Å². The second-order valence-electron chi connectivity index (χ2n) is 5.89. The van der Waals surface area contributed by atoms with E-state index in [4.69, 9.17) is 32.7 Å². The Kier molecular flexibility index (Phi) is 8.37. The van der Waals surface area contributed by atoms with Gasteiger partial charge in [0, 0.05) is 28.5 Å². The fourth-order valence-corrected chi connectivity index (χ4v) is 2.50. The zero-order valence-corrected chi connectivity index (χ0v) is 16.3. The van der Waals surface area contributed by atoms with Crippen molar-refractivity contribution in [3.8, 4) is 0 Å². The maximum absolute atomic E-state index is 11.9. The first-order valence-corrected chi connectivity index (χ1v) is 9.19. The van der Waals surface area contributed by atoms with Gasteiger partial charge in [0.15, 0.2) is 0 Å². The van der Waals surface area contributed by atoms with Crippen LogP contribution < -0.4 is 0 Å². The van der Waals surface area contributed by atoms with E-state index in [-0.39, 0.29) is 25.2 Å². The number of halogens is 2. The van der Waals surface area contributed by atoms with E-state index in [1.807, 2.05) is 24.3 Å². The number of ether oxygens (including phenoxy) is 2. The average molecular weight is 407 g/mol. The van der Waals surface area contributed by atoms with Crippen LogP contribution in [-0.2, 0) is 31.9 Å². The average Bonchev–Trinajstić information content (AvgIpc) is 2.65. The highest BCUT2D eigenvalue weighted by Crippen LogP contribution is 2.12. The first-order valence-electron chi connectivity index (χ1n) is 8.43. The molecule has 0 bridgehead atoms. The Labute approximate surface area is 168 Å². The van der Waals surface area contributed by atoms with Crippen molar-refractivity contribution in [2.45, 2.75) is 19.3 Å². The summed E-state index contributed by atoms with van der Waals surface area (Å²) >= 11 is 11.6. The molecule has 0 fully saturated rings. The molecule has 0 spiro atoms. The van der Waals surface area contributed by atoms with Crippen molar-refractivity contribution in [2.24, 2.45) is 0 Å². The molecule has 142 valence electrons. The molecular formula is C21H20Cl2O4. The van der Waals surface area contributed by atoms with Gasteiger partial charge in [0.25, 0.3) is 0 Å². The summed E-state index contributed by atoms with van der Waals surface area (Å²) in [5, 5.41) is 1.31. The highest BCUT2D eigenvalue weighted by Gasteiger charge is 2.14. The van der Waals surface area contributed by atoms with E-state index < -0.39 is 11.9 Å². The Hall–Kier alpha value is -2.30. The van der Waals surface area contributed by atoms with Crippen LogP contribution >= 0.6 is 23.2 Å². The van der Waals surface area contributed by atoms with Crippen LogP contribution in [0.15, 0.2) is 60.7 Å². The number of carbonyl (C=O) groups excluding carboxylic acids is 2. The first-order chi connectivity index (χ1) is 12.9. The maximum atomic E-state index is 11.9. The van der Waals surface area contributed by atoms with E-state index in [0.29, 0.717) is 22.9 Å². The largest absolute Gasteiger partial charge is 0.465 e. The van der Waals surface area contributed by atoms with Crippen LogP contribution in [0.25, 0.3) is 0 Å². The van der Waals surface area contributed by atoms with Gasteiger partial charge in [-0.1, -0.05) is 54.0 Å². The molecule has 0 atom stereocenters. The number of carbonyl (C=O) groups is 2. The predicted octanol–water partition coefficient (Wildman–Crippen LogP) is 4.81. The minimum Gasteiger partial charge on any atom is -0.465 e. The van der Waals surface area contributed by atoms with Crippen LogP contribution in [0.5, 0.6) is 0 Å². The van der Waals surface area contributed by atoms with Crippen molar-refractivity contribution >= 4 is 35.1 Å². The number of hydrogen-bond acceptors (Lipinski definition) is 4. The highest BCUT2D eigenvalue weighted by molar-refractivity contribution is 6.30. The third-order valence-electron chi connectivity index (χ3n) is 3.75. The third-order valence-corrected chi connectivity index (χ3v) is 4.25. The van der Waals surface area contributed by atoms with Crippen LogP contribution in [0.1, 0.15) is 17.5 Å². The Morgan fingerprint density at radius 2 is 1.22 bits per heavy atom. The van der Waals surface area contributed by atoms with Crippen molar-refractivity contribution in [3.05, 3.63) is 81.9 Å². The van der Waals surface area contributed by atoms with Crippen LogP contribution in [-0.4, -0.2) is 25.2 Å². The summed E-state index contributed by atoms with van der Waals surface area (Å²) < 4.78 is 10.3. The minimum atomic E-state index is -0.599. The molecule has 2 aromatic rings. The summed E-state index contributed by atoms with van der Waals surface area (Å²) in [5.41, 5.74) is 2.08. The van der Waals surface area contributed by atoms with Crippen molar-refractivity contribution in [1.29, 1.82) is 0 Å². The van der Waals surface area contributed by atoms with Crippen LogP contribution in [0, 0.1) is 0 Å². The molecular weight excluding hydrogens is 387 g/mol. The van der Waals surface area contributed by atoms with Crippen LogP contribution in [0.2, 0.25) is 10.0 Å². The molecule has 0 amide bonds. The number of rotatable bonds is 9. The normalized spacial score (nSPS) is 10.3. The summed E-state index contributed by atoms with van der Waals surface area (Å²) in [4.78, 5) is 23.7. The summed E-state index contributed by atoms with van der Waals surface area (Å²) in [6.07, 6.45) is 0.934. The van der Waals surface area contributed by atoms with Gasteiger partial charge >= 0.3 is 11.9 Å². The fourth-order valence-electron chi connectivity index (χ4n) is 2.25. The smallest absolute Gasteiger partial charge is 0.334 e. The van der Waals surface area contributed by atoms with E-state index in [0.717, 1.165) is 11.1 Å². The fraction of sp³-hybridized carbons (Fsp3) is 0.238. The van der Waals surface area contributed by atoms with Gasteiger partial charge in [0.1, 0.15) is 0 Å². The number of benzene rings is 2. The van der Waals surface area contributed by atoms with Crippen molar-refractivity contribution in [3.63, 3.8) is 0 Å². The van der Waals surface area contributed by atoms with Gasteiger partial charge in [-0.2, -0.15) is 0 Å². The lowest BCUT2D eigenvalue weighted by molar-refractivity contribution is -0.146. The van der Waals surface area contributed by atoms with Gasteiger partial charge in [-0.3, -0.25) is 4.79 Å². The number of hydrogen-bond donors (Lipinski definition) is 0. The molecule has 2 aromatic carbocycles. The predicted molar refractivity (Wildman–Crippen MR) is 106 cm³/mol. The van der Waals surface area contributed by atoms with E-state index >= 15 is 0 Å². The third kappa shape index (κ3) is 7.85. The summed E-state index contributed by atoms with van der Waals surface area (Å²) in [7, 11) is 0. The lowest BCUT2D eigenvalue weighted by Crippen LogP contribution is -2.15. The molecule has 4 nitrogen and oxygen atoms in total. The SMILES string of the molecule is C=C(CC(=O)OCCc1ccc(Cl)cc1)C(=O)OCCc1ccc(Cl)cc1. The Morgan fingerprint density at radius 3 is 1.70 bits per heavy atom. The van der Waals surface area contributed by atoms with Crippen molar-refractivity contribution in [1.82, 2.24) is 0 Å². The van der Waals surface area contributed by atoms with E-state index in [2.05, 4.69) is 6.58 Å². The van der Waals surface area contributed by atoms with Gasteiger partial charge in [0.2, 0.25) is 0 Å². The van der Waals surface area contributed by atoms with Gasteiger partial charge in [-0.05, 0) is 35.4 Å². The summed E-state index contributed by atoms with van der Waals surface area (Å²) in [5.74, 6) is -1.11. The standard InChI is InChI=1S/C21H20Cl2O4/c1-15(21(25)27-13-11-17-4-8-19(23)9-5-17)14-20(24)26-12-10-16-2-6-18(22)7-3-16/h2-9H,1,10-14H2. The topological polar surface area (TPSA) is 52.6 Å². The van der Waals surface area contributed by atoms with Crippen LogP contribution in [0.3, 0.4) is 0 Å². The summed E-state index contributed by atoms with van der Waals surface area (Å²) in [6.45, 7) is 4.02. The van der Waals surface area contributed by atoms with E-state index in [9.17, 15) is 9.59 Å². The lowest BCUT2D eigenvalue weighted by Gasteiger charge is -2.08. The molecule has 27 heavy (non-hydrogen) atoms. The second-order valence-corrected chi connectivity index (χ2v) is 6.76. The Bertz CT molecular complexity index is 783. The van der Waals surface area contributed by atoms with Crippen molar-refractivity contribution < 1.29 is 19.1 Å². The molecule has 0 radical (unpaired) electrons. The molecule has 0 heterocycles. The molecule has 2 rings (SSSR count). The molecule has 0 aliphatic heterocycles. The van der Waals surface area contributed by atoms with Gasteiger partial charge in [0.05, 0.1) is 19.6 Å². The molecule has 0 unspecified atom stereocenters. The van der Waals surface area contributed by atoms with E-state index in [1.54, 1.807) is 24.3 Å². The van der Waals surface area contributed by atoms with E-state index in [1.165, 1.54) is 0 Å². The zero-order chi connectivity index (χ0) is 19.6. The molecule has 0 N–H and O–H groups in total. The molecule has 0 aliphatic carbocycles. The first kappa shape index (κ1) is 21.0. The molecule has 0 aromatic heterocycles. The Balaban J connectivity index is 1.64. The molecule has 0 saturated carbocycles. The highest BCUT2D eigenvalue weighted by atomic mass is 35.5. The molecule has 6 heteroatoms. The molecule has 0 saturated heterocycles. The Morgan fingerprint density at radius 1 is 0.778 bits per heavy atom. The minimum absolute atomic E-state index is 0.0719. The molecule has 0 aliphatic rings. The number of esters is 2.